The molecule has 0 radical (unpaired) electrons. The SMILES string of the molecule is COC(=O)[C@]12[C@@H]3[C@@H]4CCC5(OCCO5)[C@@H]4[C@@H]4[C@@H]3[C@@H]3[C@@H]1[C@@H]1[C@H](CCC15OCCO5)[C@@H]3[C@]42C(=O)OC. The number of methoxy groups -OCH3 is 2. The van der Waals surface area contributed by atoms with Gasteiger partial charge in [0.05, 0.1) is 51.5 Å². The van der Waals surface area contributed by atoms with Gasteiger partial charge in [0, 0.05) is 24.7 Å². The summed E-state index contributed by atoms with van der Waals surface area (Å²) in [4.78, 5) is 28.3. The molecule has 34 heavy (non-hydrogen) atoms. The minimum atomic E-state index is -0.849. The van der Waals surface area contributed by atoms with Gasteiger partial charge in [-0.1, -0.05) is 0 Å². The first-order valence-electron chi connectivity index (χ1n) is 13.3. The van der Waals surface area contributed by atoms with Gasteiger partial charge in [-0.3, -0.25) is 9.59 Å². The van der Waals surface area contributed by atoms with Gasteiger partial charge < -0.3 is 28.4 Å². The highest BCUT2D eigenvalue weighted by molar-refractivity contribution is 5.94. The third-order valence-corrected chi connectivity index (χ3v) is 12.8. The normalized spacial score (nSPS) is 59.0. The van der Waals surface area contributed by atoms with E-state index in [1.807, 2.05) is 0 Å². The van der Waals surface area contributed by atoms with Crippen LogP contribution in [0, 0.1) is 70.0 Å². The van der Waals surface area contributed by atoms with E-state index < -0.39 is 22.4 Å². The average Bonchev–Trinajstić information content (AvgIpc) is 3.69. The fraction of sp³-hybridized carbons (Fsp3) is 0.923. The van der Waals surface area contributed by atoms with Crippen LogP contribution in [-0.4, -0.2) is 64.2 Å². The lowest BCUT2D eigenvalue weighted by atomic mass is 9.43. The lowest BCUT2D eigenvalue weighted by Gasteiger charge is -2.59. The molecule has 8 heteroatoms. The highest BCUT2D eigenvalue weighted by Gasteiger charge is 3.03. The van der Waals surface area contributed by atoms with Gasteiger partial charge in [0.15, 0.2) is 11.6 Å². The zero-order chi connectivity index (χ0) is 22.8. The number of carbonyl (C=O) groups is 2. The maximum absolute atomic E-state index is 14.2. The molecule has 0 aromatic rings. The number of hydrogen-bond acceptors (Lipinski definition) is 8. The van der Waals surface area contributed by atoms with Gasteiger partial charge in [0.1, 0.15) is 0 Å². The molecule has 8 bridgehead atoms. The molecule has 2 saturated heterocycles. The van der Waals surface area contributed by atoms with Crippen LogP contribution in [0.4, 0.5) is 0 Å². The Morgan fingerprint density at radius 3 is 1.35 bits per heavy atom. The van der Waals surface area contributed by atoms with Crippen LogP contribution in [0.2, 0.25) is 0 Å². The van der Waals surface area contributed by atoms with E-state index in [0.717, 1.165) is 25.7 Å². The Bertz CT molecular complexity index is 934. The predicted molar refractivity (Wildman–Crippen MR) is 112 cm³/mol. The molecule has 10 fully saturated rings. The van der Waals surface area contributed by atoms with E-state index in [-0.39, 0.29) is 47.4 Å². The largest absolute Gasteiger partial charge is 0.469 e. The second-order valence-corrected chi connectivity index (χ2v) is 12.5. The van der Waals surface area contributed by atoms with Crippen molar-refractivity contribution in [2.45, 2.75) is 37.3 Å². The molecule has 184 valence electrons. The smallest absolute Gasteiger partial charge is 0.313 e. The number of hydrogen-bond donors (Lipinski definition) is 0. The van der Waals surface area contributed by atoms with Crippen molar-refractivity contribution in [2.24, 2.45) is 70.0 Å². The maximum atomic E-state index is 14.2. The maximum Gasteiger partial charge on any atom is 0.313 e. The Morgan fingerprint density at radius 1 is 0.618 bits per heavy atom. The summed E-state index contributed by atoms with van der Waals surface area (Å²) < 4.78 is 36.6. The van der Waals surface area contributed by atoms with E-state index in [9.17, 15) is 9.59 Å². The van der Waals surface area contributed by atoms with Crippen LogP contribution in [-0.2, 0) is 38.0 Å². The molecule has 8 saturated carbocycles. The molecule has 10 rings (SSSR count). The molecule has 8 nitrogen and oxygen atoms in total. The number of rotatable bonds is 2. The fourth-order valence-corrected chi connectivity index (χ4v) is 13.3. The lowest BCUT2D eigenvalue weighted by Crippen LogP contribution is -2.68. The number of ether oxygens (including phenoxy) is 6. The summed E-state index contributed by atoms with van der Waals surface area (Å²) in [5.74, 6) is 0.347. The highest BCUT2D eigenvalue weighted by Crippen LogP contribution is 2.98. The van der Waals surface area contributed by atoms with E-state index >= 15 is 0 Å². The molecule has 0 aromatic carbocycles. The van der Waals surface area contributed by atoms with Gasteiger partial charge in [0.2, 0.25) is 0 Å². The molecular weight excluding hydrogens is 440 g/mol. The van der Waals surface area contributed by atoms with Crippen molar-refractivity contribution in [2.75, 3.05) is 40.6 Å². The third-order valence-electron chi connectivity index (χ3n) is 12.8. The topological polar surface area (TPSA) is 89.5 Å². The van der Waals surface area contributed by atoms with Crippen LogP contribution in [0.15, 0.2) is 0 Å². The van der Waals surface area contributed by atoms with Gasteiger partial charge >= 0.3 is 11.9 Å². The molecule has 0 aromatic heterocycles. The molecule has 2 aliphatic heterocycles. The lowest BCUT2D eigenvalue weighted by molar-refractivity contribution is -0.258. The minimum absolute atomic E-state index is 0.0591. The van der Waals surface area contributed by atoms with E-state index in [1.54, 1.807) is 0 Å². The third kappa shape index (κ3) is 1.53. The van der Waals surface area contributed by atoms with Crippen molar-refractivity contribution in [3.05, 3.63) is 0 Å². The number of fused-ring (bicyclic) bond motifs is 4. The standard InChI is InChI=1S/C26H32O8/c1-29-21(27)25-15-11-3-5-24(33-9-10-34-24)18(11)20-13(15)14-16(26(20,25)22(28)30-2)12-4-6-23(17(12)19(14)25)31-7-8-32-23/h11-20H,3-10H2,1-2H3/t11-,12+,13+,14-,15+,16-,17-,18-,19+,20-,25-,26+/m0/s1. The van der Waals surface area contributed by atoms with Crippen LogP contribution >= 0.6 is 0 Å². The molecule has 2 spiro atoms. The van der Waals surface area contributed by atoms with Gasteiger partial charge in [-0.05, 0) is 60.2 Å². The monoisotopic (exact) mass is 472 g/mol. The van der Waals surface area contributed by atoms with Crippen molar-refractivity contribution in [1.29, 1.82) is 0 Å². The van der Waals surface area contributed by atoms with E-state index in [1.165, 1.54) is 14.2 Å². The second kappa shape index (κ2) is 5.68. The Morgan fingerprint density at radius 2 is 1.00 bits per heavy atom. The van der Waals surface area contributed by atoms with E-state index in [4.69, 9.17) is 28.4 Å². The molecular formula is C26H32O8. The molecule has 2 heterocycles. The van der Waals surface area contributed by atoms with Crippen LogP contribution in [0.25, 0.3) is 0 Å². The quantitative estimate of drug-likeness (QED) is 0.560. The van der Waals surface area contributed by atoms with Crippen molar-refractivity contribution in [1.82, 2.24) is 0 Å². The molecule has 0 unspecified atom stereocenters. The highest BCUT2D eigenvalue weighted by atomic mass is 16.7. The number of esters is 2. The summed E-state index contributed by atoms with van der Waals surface area (Å²) in [5.41, 5.74) is -1.70. The van der Waals surface area contributed by atoms with Gasteiger partial charge in [-0.15, -0.1) is 0 Å². The summed E-state index contributed by atoms with van der Waals surface area (Å²) in [6.07, 6.45) is 3.66. The van der Waals surface area contributed by atoms with Crippen LogP contribution in [0.1, 0.15) is 25.7 Å². The first-order chi connectivity index (χ1) is 16.5. The van der Waals surface area contributed by atoms with Gasteiger partial charge in [-0.2, -0.15) is 0 Å². The predicted octanol–water partition coefficient (Wildman–Crippen LogP) is 1.61. The second-order valence-electron chi connectivity index (χ2n) is 12.5. The zero-order valence-electron chi connectivity index (χ0n) is 19.7. The summed E-state index contributed by atoms with van der Waals surface area (Å²) >= 11 is 0. The molecule has 12 atom stereocenters. The van der Waals surface area contributed by atoms with Crippen LogP contribution in [0.3, 0.4) is 0 Å². The van der Waals surface area contributed by atoms with Gasteiger partial charge in [0.25, 0.3) is 0 Å². The van der Waals surface area contributed by atoms with Gasteiger partial charge in [-0.25, -0.2) is 0 Å². The Balaban J connectivity index is 1.29. The Kier molecular flexibility index (Phi) is 3.33. The summed E-state index contributed by atoms with van der Waals surface area (Å²) in [7, 11) is 2.99. The van der Waals surface area contributed by atoms with E-state index in [2.05, 4.69) is 0 Å². The zero-order valence-corrected chi connectivity index (χ0v) is 19.7. The van der Waals surface area contributed by atoms with Crippen molar-refractivity contribution in [3.63, 3.8) is 0 Å². The first kappa shape index (κ1) is 19.9. The molecule has 8 aliphatic carbocycles. The van der Waals surface area contributed by atoms with Crippen LogP contribution < -0.4 is 0 Å². The Labute approximate surface area is 198 Å². The van der Waals surface area contributed by atoms with Crippen molar-refractivity contribution in [3.8, 4) is 0 Å². The van der Waals surface area contributed by atoms with Crippen molar-refractivity contribution >= 4 is 11.9 Å². The summed E-state index contributed by atoms with van der Waals surface area (Å²) in [5, 5.41) is 0. The van der Waals surface area contributed by atoms with E-state index in [0.29, 0.717) is 50.1 Å². The first-order valence-corrected chi connectivity index (χ1v) is 13.3. The minimum Gasteiger partial charge on any atom is -0.469 e. The molecule has 0 N–H and O–H groups in total. The molecule has 10 aliphatic rings. The fourth-order valence-electron chi connectivity index (χ4n) is 13.3. The van der Waals surface area contributed by atoms with Crippen LogP contribution in [0.5, 0.6) is 0 Å². The Hall–Kier alpha value is -1.22. The number of carbonyl (C=O) groups excluding carboxylic acids is 2. The molecule has 0 amide bonds. The van der Waals surface area contributed by atoms with Crippen molar-refractivity contribution < 1.29 is 38.0 Å². The summed E-state index contributed by atoms with van der Waals surface area (Å²) in [6, 6.07) is 0. The average molecular weight is 473 g/mol. The summed E-state index contributed by atoms with van der Waals surface area (Å²) in [6.45, 7) is 2.43.